The van der Waals surface area contributed by atoms with Crippen molar-refractivity contribution in [2.75, 3.05) is 5.73 Å². The van der Waals surface area contributed by atoms with Crippen LogP contribution in [-0.2, 0) is 0 Å². The Morgan fingerprint density at radius 2 is 2.21 bits per heavy atom. The second kappa shape index (κ2) is 4.23. The van der Waals surface area contributed by atoms with Gasteiger partial charge in [0.05, 0.1) is 15.9 Å². The van der Waals surface area contributed by atoms with Crippen LogP contribution in [0.25, 0.3) is 0 Å². The number of hydrogen-bond acceptors (Lipinski definition) is 3. The Hall–Kier alpha value is -1.36. The van der Waals surface area contributed by atoms with Gasteiger partial charge >= 0.3 is 5.97 Å². The first-order valence-corrected chi connectivity index (χ1v) is 4.64. The molecule has 1 aromatic carbocycles. The predicted octanol–water partition coefficient (Wildman–Crippen LogP) is 2.41. The van der Waals surface area contributed by atoms with Gasteiger partial charge in [0.15, 0.2) is 0 Å². The number of carbonyl (C=O) groups is 1. The molecule has 74 valence electrons. The molecule has 0 aromatic heterocycles. The van der Waals surface area contributed by atoms with Gasteiger partial charge in [-0.05, 0) is 35.0 Å². The third-order valence-electron chi connectivity index (χ3n) is 1.56. The quantitative estimate of drug-likeness (QED) is 0.631. The number of nitrogen functional groups attached to an aromatic ring is 1. The van der Waals surface area contributed by atoms with E-state index in [0.29, 0.717) is 10.3 Å². The highest BCUT2D eigenvalue weighted by atomic mass is 79.9. The molecule has 0 aliphatic carbocycles. The molecule has 1 rings (SSSR count). The first kappa shape index (κ1) is 10.7. The summed E-state index contributed by atoms with van der Waals surface area (Å²) in [6.07, 6.45) is 0. The summed E-state index contributed by atoms with van der Waals surface area (Å²) in [5.41, 5.74) is 6.35. The fourth-order valence-corrected chi connectivity index (χ4v) is 1.19. The zero-order valence-electron chi connectivity index (χ0n) is 7.49. The molecule has 0 spiro atoms. The van der Waals surface area contributed by atoms with Gasteiger partial charge in [0.2, 0.25) is 0 Å². The maximum absolute atomic E-state index is 10.8. The van der Waals surface area contributed by atoms with Crippen molar-refractivity contribution < 1.29 is 9.90 Å². The molecule has 5 heteroatoms. The maximum Gasteiger partial charge on any atom is 0.337 e. The number of rotatable bonds is 2. The summed E-state index contributed by atoms with van der Waals surface area (Å²) in [5, 5.41) is 8.86. The van der Waals surface area contributed by atoms with Gasteiger partial charge in [0, 0.05) is 0 Å². The Labute approximate surface area is 89.6 Å². The van der Waals surface area contributed by atoms with Gasteiger partial charge in [-0.3, -0.25) is 0 Å². The second-order valence-corrected chi connectivity index (χ2v) is 3.81. The minimum Gasteiger partial charge on any atom is -0.478 e. The summed E-state index contributed by atoms with van der Waals surface area (Å²) < 4.78 is 0.581. The summed E-state index contributed by atoms with van der Waals surface area (Å²) >= 11 is 3.13. The van der Waals surface area contributed by atoms with E-state index >= 15 is 0 Å². The van der Waals surface area contributed by atoms with Crippen LogP contribution in [0, 0.1) is 0 Å². The van der Waals surface area contributed by atoms with Gasteiger partial charge in [-0.1, -0.05) is 6.07 Å². The van der Waals surface area contributed by atoms with Crippen LogP contribution >= 0.6 is 15.9 Å². The SMILES string of the molecule is CC(Br)=Nc1c(N)cccc1C(=O)O. The summed E-state index contributed by atoms with van der Waals surface area (Å²) in [6.45, 7) is 1.71. The summed E-state index contributed by atoms with van der Waals surface area (Å²) in [6, 6.07) is 4.66. The van der Waals surface area contributed by atoms with Gasteiger partial charge in [0.1, 0.15) is 5.69 Å². The first-order valence-electron chi connectivity index (χ1n) is 3.85. The van der Waals surface area contributed by atoms with Crippen molar-refractivity contribution in [3.05, 3.63) is 23.8 Å². The lowest BCUT2D eigenvalue weighted by Gasteiger charge is -2.04. The molecule has 0 bridgehead atoms. The molecule has 14 heavy (non-hydrogen) atoms. The lowest BCUT2D eigenvalue weighted by Crippen LogP contribution is -1.99. The minimum atomic E-state index is -1.04. The third kappa shape index (κ3) is 2.32. The molecule has 0 fully saturated rings. The fourth-order valence-electron chi connectivity index (χ4n) is 1.01. The number of carboxylic acid groups (broad SMARTS) is 1. The average Bonchev–Trinajstić information content (AvgIpc) is 2.07. The molecule has 0 aliphatic rings. The highest BCUT2D eigenvalue weighted by molar-refractivity contribution is 9.18. The van der Waals surface area contributed by atoms with Crippen molar-refractivity contribution in [1.82, 2.24) is 0 Å². The Morgan fingerprint density at radius 1 is 1.57 bits per heavy atom. The van der Waals surface area contributed by atoms with Gasteiger partial charge in [-0.15, -0.1) is 0 Å². The van der Waals surface area contributed by atoms with Gasteiger partial charge in [0.25, 0.3) is 0 Å². The lowest BCUT2D eigenvalue weighted by molar-refractivity contribution is 0.0698. The Bertz CT molecular complexity index is 398. The van der Waals surface area contributed by atoms with Gasteiger partial charge in [-0.2, -0.15) is 0 Å². The van der Waals surface area contributed by atoms with Crippen LogP contribution in [-0.4, -0.2) is 15.7 Å². The second-order valence-electron chi connectivity index (χ2n) is 2.66. The van der Waals surface area contributed by atoms with E-state index in [1.165, 1.54) is 6.07 Å². The maximum atomic E-state index is 10.8. The number of para-hydroxylation sites is 1. The van der Waals surface area contributed by atoms with E-state index in [1.54, 1.807) is 19.1 Å². The molecule has 0 radical (unpaired) electrons. The van der Waals surface area contributed by atoms with Crippen LogP contribution in [0.1, 0.15) is 17.3 Å². The lowest BCUT2D eigenvalue weighted by atomic mass is 10.1. The standard InChI is InChI=1S/C9H9BrN2O2/c1-5(10)12-8-6(9(13)14)3-2-4-7(8)11/h2-4H,11H2,1H3,(H,13,14). The molecule has 1 aromatic rings. The van der Waals surface area contributed by atoms with E-state index in [2.05, 4.69) is 20.9 Å². The van der Waals surface area contributed by atoms with Crippen molar-refractivity contribution in [1.29, 1.82) is 0 Å². The summed E-state index contributed by atoms with van der Waals surface area (Å²) in [7, 11) is 0. The van der Waals surface area contributed by atoms with Crippen LogP contribution in [0.15, 0.2) is 23.2 Å². The highest BCUT2D eigenvalue weighted by Gasteiger charge is 2.11. The molecule has 0 unspecified atom stereocenters. The number of anilines is 1. The molecule has 0 saturated heterocycles. The molecule has 0 atom stereocenters. The normalized spacial score (nSPS) is 11.4. The predicted molar refractivity (Wildman–Crippen MR) is 59.5 cm³/mol. The van der Waals surface area contributed by atoms with Crippen molar-refractivity contribution in [3.8, 4) is 0 Å². The number of nitrogens with zero attached hydrogens (tertiary/aromatic N) is 1. The average molecular weight is 257 g/mol. The number of nitrogens with two attached hydrogens (primary N) is 1. The smallest absolute Gasteiger partial charge is 0.337 e. The van der Waals surface area contributed by atoms with Crippen molar-refractivity contribution in [2.45, 2.75) is 6.92 Å². The molecule has 0 amide bonds. The molecular formula is C9H9BrN2O2. The third-order valence-corrected chi connectivity index (χ3v) is 1.74. The Kier molecular flexibility index (Phi) is 3.24. The van der Waals surface area contributed by atoms with E-state index in [9.17, 15) is 4.79 Å². The molecule has 3 N–H and O–H groups in total. The van der Waals surface area contributed by atoms with Crippen molar-refractivity contribution in [3.63, 3.8) is 0 Å². The van der Waals surface area contributed by atoms with Gasteiger partial charge < -0.3 is 10.8 Å². The van der Waals surface area contributed by atoms with Crippen LogP contribution in [0.5, 0.6) is 0 Å². The summed E-state index contributed by atoms with van der Waals surface area (Å²) in [5.74, 6) is -1.04. The molecular weight excluding hydrogens is 248 g/mol. The molecule has 0 saturated carbocycles. The molecule has 0 heterocycles. The van der Waals surface area contributed by atoms with Crippen LogP contribution in [0.4, 0.5) is 11.4 Å². The molecule has 4 nitrogen and oxygen atoms in total. The Balaban J connectivity index is 3.37. The van der Waals surface area contributed by atoms with E-state index in [-0.39, 0.29) is 11.3 Å². The minimum absolute atomic E-state index is 0.101. The van der Waals surface area contributed by atoms with E-state index in [4.69, 9.17) is 10.8 Å². The zero-order chi connectivity index (χ0) is 10.7. The largest absolute Gasteiger partial charge is 0.478 e. The fraction of sp³-hybridized carbons (Fsp3) is 0.111. The Morgan fingerprint density at radius 3 is 2.71 bits per heavy atom. The van der Waals surface area contributed by atoms with E-state index in [1.807, 2.05) is 0 Å². The topological polar surface area (TPSA) is 75.7 Å². The summed E-state index contributed by atoms with van der Waals surface area (Å²) in [4.78, 5) is 14.8. The number of aliphatic imine (C=N–C) groups is 1. The number of aromatic carboxylic acids is 1. The monoisotopic (exact) mass is 256 g/mol. The molecule has 0 aliphatic heterocycles. The van der Waals surface area contributed by atoms with Crippen molar-refractivity contribution in [2.24, 2.45) is 4.99 Å². The van der Waals surface area contributed by atoms with Gasteiger partial charge in [-0.25, -0.2) is 9.79 Å². The highest BCUT2D eigenvalue weighted by Crippen LogP contribution is 2.27. The number of benzene rings is 1. The van der Waals surface area contributed by atoms with E-state index in [0.717, 1.165) is 0 Å². The van der Waals surface area contributed by atoms with Crippen molar-refractivity contribution >= 4 is 37.9 Å². The number of halogens is 1. The van der Waals surface area contributed by atoms with Crippen LogP contribution in [0.3, 0.4) is 0 Å². The number of hydrogen-bond donors (Lipinski definition) is 2. The zero-order valence-corrected chi connectivity index (χ0v) is 9.08. The van der Waals surface area contributed by atoms with E-state index < -0.39 is 5.97 Å². The van der Waals surface area contributed by atoms with Crippen LogP contribution in [0.2, 0.25) is 0 Å². The number of carboxylic acids is 1. The van der Waals surface area contributed by atoms with Crippen LogP contribution < -0.4 is 5.73 Å². The first-order chi connectivity index (χ1) is 6.52.